The van der Waals surface area contributed by atoms with Gasteiger partial charge in [0.25, 0.3) is 0 Å². The van der Waals surface area contributed by atoms with Gasteiger partial charge < -0.3 is 38.9 Å². The molecule has 10 nitrogen and oxygen atoms in total. The summed E-state index contributed by atoms with van der Waals surface area (Å²) in [5.41, 5.74) is 1.56. The quantitative estimate of drug-likeness (QED) is 0.323. The van der Waals surface area contributed by atoms with E-state index in [1.807, 2.05) is 17.7 Å². The number of hydrogen-bond acceptors (Lipinski definition) is 9. The maximum Gasteiger partial charge on any atom is 0.229 e. The van der Waals surface area contributed by atoms with E-state index in [4.69, 9.17) is 13.9 Å². The van der Waals surface area contributed by atoms with E-state index in [-0.39, 0.29) is 11.2 Å². The fourth-order valence-corrected chi connectivity index (χ4v) is 4.01. The molecule has 33 heavy (non-hydrogen) atoms. The number of rotatable bonds is 4. The van der Waals surface area contributed by atoms with E-state index in [2.05, 4.69) is 4.98 Å². The third-order valence-corrected chi connectivity index (χ3v) is 5.78. The molecular weight excluding hydrogens is 432 g/mol. The van der Waals surface area contributed by atoms with Gasteiger partial charge in [-0.2, -0.15) is 0 Å². The Hall–Kier alpha value is -3.28. The lowest BCUT2D eigenvalue weighted by Crippen LogP contribution is -2.60. The van der Waals surface area contributed by atoms with Crippen molar-refractivity contribution in [1.82, 2.24) is 9.55 Å². The molecular formula is C23H22N2O8. The summed E-state index contributed by atoms with van der Waals surface area (Å²) in [6.07, 6.45) is -3.51. The van der Waals surface area contributed by atoms with Crippen molar-refractivity contribution in [3.63, 3.8) is 0 Å². The van der Waals surface area contributed by atoms with Crippen LogP contribution in [0.25, 0.3) is 33.7 Å². The SMILES string of the molecule is Cn1ccnc1-c1cc(=O)cc2oc3cc(O[C@@H]4O[C@H](CO)[C@H](O)[C@H](O)[C@H]4O)ccc3cc1-2. The van der Waals surface area contributed by atoms with E-state index in [1.54, 1.807) is 30.6 Å². The maximum absolute atomic E-state index is 12.3. The molecule has 0 amide bonds. The number of nitrogens with zero attached hydrogens (tertiary/aromatic N) is 2. The first-order valence-corrected chi connectivity index (χ1v) is 10.3. The number of aryl methyl sites for hydroxylation is 1. The summed E-state index contributed by atoms with van der Waals surface area (Å²) in [6.45, 7) is -0.556. The number of ether oxygens (including phenoxy) is 2. The fourth-order valence-electron chi connectivity index (χ4n) is 4.01. The lowest BCUT2D eigenvalue weighted by atomic mass is 9.99. The van der Waals surface area contributed by atoms with Crippen molar-refractivity contribution in [3.05, 3.63) is 59.0 Å². The van der Waals surface area contributed by atoms with Crippen molar-refractivity contribution < 1.29 is 34.3 Å². The minimum absolute atomic E-state index is 0.225. The molecule has 1 aromatic carbocycles. The molecule has 172 valence electrons. The molecule has 0 saturated carbocycles. The molecule has 10 heteroatoms. The molecule has 4 N–H and O–H groups in total. The molecule has 5 atom stereocenters. The van der Waals surface area contributed by atoms with Gasteiger partial charge in [-0.25, -0.2) is 4.98 Å². The van der Waals surface area contributed by atoms with E-state index < -0.39 is 37.3 Å². The molecule has 0 unspecified atom stereocenters. The minimum atomic E-state index is -1.55. The minimum Gasteiger partial charge on any atom is -0.462 e. The molecule has 1 saturated heterocycles. The van der Waals surface area contributed by atoms with Gasteiger partial charge in [0.2, 0.25) is 6.29 Å². The van der Waals surface area contributed by atoms with E-state index >= 15 is 0 Å². The molecule has 1 aliphatic carbocycles. The molecule has 2 aromatic rings. The smallest absolute Gasteiger partial charge is 0.229 e. The predicted octanol–water partition coefficient (Wildman–Crippen LogP) is 0.477. The lowest BCUT2D eigenvalue weighted by molar-refractivity contribution is -0.277. The molecule has 3 heterocycles. The highest BCUT2D eigenvalue weighted by Crippen LogP contribution is 2.36. The van der Waals surface area contributed by atoms with E-state index in [0.29, 0.717) is 22.7 Å². The summed E-state index contributed by atoms with van der Waals surface area (Å²) in [5.74, 6) is 1.27. The molecule has 1 fully saturated rings. The van der Waals surface area contributed by atoms with Crippen LogP contribution in [-0.4, -0.2) is 67.3 Å². The van der Waals surface area contributed by atoms with E-state index in [9.17, 15) is 25.2 Å². The van der Waals surface area contributed by atoms with Gasteiger partial charge in [0, 0.05) is 48.1 Å². The number of fused-ring (bicyclic) bond motifs is 2. The van der Waals surface area contributed by atoms with Crippen LogP contribution in [0.4, 0.5) is 0 Å². The monoisotopic (exact) mass is 454 g/mol. The number of aliphatic hydroxyl groups is 4. The van der Waals surface area contributed by atoms with Gasteiger partial charge in [-0.1, -0.05) is 0 Å². The zero-order valence-corrected chi connectivity index (χ0v) is 17.5. The Balaban J connectivity index is 1.52. The average molecular weight is 454 g/mol. The molecule has 3 aliphatic rings. The van der Waals surface area contributed by atoms with Gasteiger partial charge in [0.1, 0.15) is 47.3 Å². The highest BCUT2D eigenvalue weighted by molar-refractivity contribution is 5.89. The third-order valence-electron chi connectivity index (χ3n) is 5.78. The van der Waals surface area contributed by atoms with Gasteiger partial charge in [-0.15, -0.1) is 0 Å². The van der Waals surface area contributed by atoms with Crippen molar-refractivity contribution in [2.75, 3.05) is 6.61 Å². The van der Waals surface area contributed by atoms with Gasteiger partial charge >= 0.3 is 0 Å². The Morgan fingerprint density at radius 1 is 1.06 bits per heavy atom. The van der Waals surface area contributed by atoms with Crippen LogP contribution in [0.15, 0.2) is 58.0 Å². The standard InChI is InChI=1S/C23H22N2O8/c1-25-5-4-24-22(25)15-7-12(27)8-17-14(15)6-11-2-3-13(9-16(11)32-17)31-23-21(30)20(29)19(28)18(10-26)33-23/h2-9,18-21,23,26,28-30H,10H2,1H3/t18-,19+,20+,21-,23-/m1/s1. The van der Waals surface area contributed by atoms with Crippen molar-refractivity contribution in [1.29, 1.82) is 0 Å². The number of imidazole rings is 1. The number of aliphatic hydroxyl groups excluding tert-OH is 4. The molecule has 0 radical (unpaired) electrons. The first-order valence-electron chi connectivity index (χ1n) is 10.3. The summed E-state index contributed by atoms with van der Waals surface area (Å²) >= 11 is 0. The van der Waals surface area contributed by atoms with Crippen LogP contribution >= 0.6 is 0 Å². The highest BCUT2D eigenvalue weighted by atomic mass is 16.7. The normalized spacial score (nSPS) is 25.5. The zero-order valence-electron chi connectivity index (χ0n) is 17.5. The summed E-state index contributed by atoms with van der Waals surface area (Å²) in [5, 5.41) is 40.2. The van der Waals surface area contributed by atoms with Crippen molar-refractivity contribution in [3.8, 4) is 28.5 Å². The Labute approximate surface area is 187 Å². The highest BCUT2D eigenvalue weighted by Gasteiger charge is 2.44. The lowest BCUT2D eigenvalue weighted by Gasteiger charge is -2.39. The first-order chi connectivity index (χ1) is 15.9. The maximum atomic E-state index is 12.3. The first kappa shape index (κ1) is 21.6. The Morgan fingerprint density at radius 2 is 1.88 bits per heavy atom. The second kappa shape index (κ2) is 8.25. The van der Waals surface area contributed by atoms with Crippen molar-refractivity contribution in [2.24, 2.45) is 7.05 Å². The molecule has 1 aromatic heterocycles. The number of hydrogen-bond donors (Lipinski definition) is 4. The van der Waals surface area contributed by atoms with Gasteiger partial charge in [0.15, 0.2) is 5.43 Å². The van der Waals surface area contributed by atoms with Gasteiger partial charge in [-0.3, -0.25) is 4.79 Å². The topological polar surface area (TPSA) is 147 Å². The van der Waals surface area contributed by atoms with Crippen LogP contribution < -0.4 is 10.2 Å². The summed E-state index contributed by atoms with van der Waals surface area (Å²) in [4.78, 5) is 16.6. The van der Waals surface area contributed by atoms with Crippen LogP contribution in [0.1, 0.15) is 0 Å². The van der Waals surface area contributed by atoms with Gasteiger partial charge in [0.05, 0.1) is 6.61 Å². The van der Waals surface area contributed by atoms with Crippen LogP contribution in [0, 0.1) is 0 Å². The Morgan fingerprint density at radius 3 is 2.61 bits per heavy atom. The fraction of sp³-hybridized carbons (Fsp3) is 0.304. The zero-order chi connectivity index (χ0) is 23.3. The summed E-state index contributed by atoms with van der Waals surface area (Å²) in [7, 11) is 1.84. The summed E-state index contributed by atoms with van der Waals surface area (Å²) < 4.78 is 18.9. The largest absolute Gasteiger partial charge is 0.462 e. The van der Waals surface area contributed by atoms with E-state index in [0.717, 1.165) is 10.9 Å². The van der Waals surface area contributed by atoms with Crippen LogP contribution in [0.2, 0.25) is 0 Å². The van der Waals surface area contributed by atoms with Crippen molar-refractivity contribution in [2.45, 2.75) is 30.7 Å². The second-order valence-corrected chi connectivity index (χ2v) is 8.01. The Bertz CT molecular complexity index is 1330. The Kier molecular flexibility index (Phi) is 5.39. The summed E-state index contributed by atoms with van der Waals surface area (Å²) in [6, 6.07) is 9.73. The molecule has 2 aliphatic heterocycles. The molecule has 0 bridgehead atoms. The van der Waals surface area contributed by atoms with Gasteiger partial charge in [-0.05, 0) is 24.3 Å². The van der Waals surface area contributed by atoms with Crippen LogP contribution in [-0.2, 0) is 11.8 Å². The van der Waals surface area contributed by atoms with Crippen molar-refractivity contribution >= 4 is 11.0 Å². The second-order valence-electron chi connectivity index (χ2n) is 8.01. The van der Waals surface area contributed by atoms with E-state index in [1.165, 1.54) is 12.1 Å². The number of benzene rings is 2. The number of aromatic nitrogens is 2. The van der Waals surface area contributed by atoms with Crippen LogP contribution in [0.5, 0.6) is 5.75 Å². The predicted molar refractivity (Wildman–Crippen MR) is 116 cm³/mol. The molecule has 5 rings (SSSR count). The van der Waals surface area contributed by atoms with Crippen LogP contribution in [0.3, 0.4) is 0 Å². The molecule has 0 spiro atoms. The average Bonchev–Trinajstić information content (AvgIpc) is 3.23. The third kappa shape index (κ3) is 3.77.